The summed E-state index contributed by atoms with van der Waals surface area (Å²) >= 11 is 0. The third kappa shape index (κ3) is 4.09. The maximum absolute atomic E-state index is 13.0. The van der Waals surface area contributed by atoms with Crippen LogP contribution >= 0.6 is 0 Å². The summed E-state index contributed by atoms with van der Waals surface area (Å²) in [4.78, 5) is 27.1. The van der Waals surface area contributed by atoms with Gasteiger partial charge >= 0.3 is 0 Å². The Morgan fingerprint density at radius 1 is 1.15 bits per heavy atom. The van der Waals surface area contributed by atoms with Gasteiger partial charge in [0.25, 0.3) is 0 Å². The van der Waals surface area contributed by atoms with Gasteiger partial charge in [0.1, 0.15) is 6.04 Å². The second-order valence-corrected chi connectivity index (χ2v) is 8.19. The summed E-state index contributed by atoms with van der Waals surface area (Å²) in [7, 11) is 0. The maximum Gasteiger partial charge on any atom is 0.247 e. The zero-order chi connectivity index (χ0) is 18.7. The Hall–Kier alpha value is -1.88. The summed E-state index contributed by atoms with van der Waals surface area (Å²) in [5.41, 5.74) is 1.43. The summed E-state index contributed by atoms with van der Waals surface area (Å²) < 4.78 is 5.94. The number of carbonyl (C=O) groups excluding carboxylic acids is 2. The van der Waals surface area contributed by atoms with Crippen LogP contribution < -0.4 is 5.32 Å². The molecular formula is C21H30N2O3. The van der Waals surface area contributed by atoms with Crippen LogP contribution in [0.4, 0.5) is 0 Å². The molecule has 1 aliphatic carbocycles. The first kappa shape index (κ1) is 18.9. The molecule has 1 N–H and O–H groups in total. The Morgan fingerprint density at radius 3 is 2.35 bits per heavy atom. The summed E-state index contributed by atoms with van der Waals surface area (Å²) in [5, 5.41) is 2.91. The molecule has 0 aromatic heterocycles. The Kier molecular flexibility index (Phi) is 5.66. The minimum Gasteiger partial charge on any atom is -0.371 e. The molecule has 26 heavy (non-hydrogen) atoms. The van der Waals surface area contributed by atoms with Crippen LogP contribution in [-0.2, 0) is 20.9 Å². The average molecular weight is 358 g/mol. The molecule has 1 heterocycles. The topological polar surface area (TPSA) is 58.6 Å². The number of nitrogens with zero attached hydrogens (tertiary/aromatic N) is 1. The first-order chi connectivity index (χ1) is 12.4. The van der Waals surface area contributed by atoms with Crippen molar-refractivity contribution in [3.05, 3.63) is 35.9 Å². The van der Waals surface area contributed by atoms with Crippen molar-refractivity contribution in [3.8, 4) is 0 Å². The molecule has 0 bridgehead atoms. The van der Waals surface area contributed by atoms with E-state index in [-0.39, 0.29) is 23.8 Å². The van der Waals surface area contributed by atoms with Crippen LogP contribution in [-0.4, -0.2) is 41.9 Å². The summed E-state index contributed by atoms with van der Waals surface area (Å²) in [6.45, 7) is 7.60. The Morgan fingerprint density at radius 2 is 1.81 bits per heavy atom. The van der Waals surface area contributed by atoms with Crippen molar-refractivity contribution in [2.75, 3.05) is 13.1 Å². The van der Waals surface area contributed by atoms with E-state index in [1.165, 1.54) is 19.3 Å². The van der Waals surface area contributed by atoms with Crippen molar-refractivity contribution in [2.45, 2.75) is 58.8 Å². The molecule has 0 radical (unpaired) electrons. The molecule has 1 aromatic rings. The average Bonchev–Trinajstić information content (AvgIpc) is 2.55. The maximum atomic E-state index is 13.0. The second-order valence-electron chi connectivity index (χ2n) is 8.19. The number of nitrogens with one attached hydrogen (secondary N) is 1. The van der Waals surface area contributed by atoms with Gasteiger partial charge in [-0.3, -0.25) is 9.59 Å². The lowest BCUT2D eigenvalue weighted by Crippen LogP contribution is -2.66. The lowest BCUT2D eigenvalue weighted by Gasteiger charge is -2.56. The highest BCUT2D eigenvalue weighted by Crippen LogP contribution is 2.48. The molecule has 5 nitrogen and oxygen atoms in total. The number of hydrogen-bond acceptors (Lipinski definition) is 3. The van der Waals surface area contributed by atoms with Gasteiger partial charge in [0.2, 0.25) is 11.8 Å². The molecule has 5 heteroatoms. The van der Waals surface area contributed by atoms with E-state index >= 15 is 0 Å². The Balaban J connectivity index is 1.61. The molecule has 142 valence electrons. The van der Waals surface area contributed by atoms with Gasteiger partial charge < -0.3 is 15.0 Å². The van der Waals surface area contributed by atoms with Gasteiger partial charge in [0.05, 0.1) is 12.7 Å². The lowest BCUT2D eigenvalue weighted by molar-refractivity contribution is -0.157. The largest absolute Gasteiger partial charge is 0.371 e. The number of carbonyl (C=O) groups is 2. The molecule has 1 aromatic carbocycles. The van der Waals surface area contributed by atoms with Crippen LogP contribution in [0.3, 0.4) is 0 Å². The number of likely N-dealkylation sites (tertiary alicyclic amines) is 1. The Bertz CT molecular complexity index is 632. The van der Waals surface area contributed by atoms with Crippen LogP contribution in [0, 0.1) is 11.3 Å². The number of benzene rings is 1. The smallest absolute Gasteiger partial charge is 0.247 e. The van der Waals surface area contributed by atoms with Gasteiger partial charge in [0, 0.05) is 24.4 Å². The standard InChI is InChI=1S/C21H30N2O3/c1-15(2)19(24)22-18(16(3)26-12-17-8-5-4-6-9-17)20(25)23-13-21(14-23)10-7-11-21/h4-6,8-9,15-16,18H,7,10-14H2,1-3H3,(H,22,24). The lowest BCUT2D eigenvalue weighted by atomic mass is 9.63. The van der Waals surface area contributed by atoms with E-state index in [4.69, 9.17) is 4.74 Å². The van der Waals surface area contributed by atoms with Gasteiger partial charge in [0.15, 0.2) is 0 Å². The fourth-order valence-corrected chi connectivity index (χ4v) is 3.71. The highest BCUT2D eigenvalue weighted by Gasteiger charge is 2.50. The first-order valence-electron chi connectivity index (χ1n) is 9.65. The second kappa shape index (κ2) is 7.78. The van der Waals surface area contributed by atoms with E-state index in [9.17, 15) is 9.59 Å². The highest BCUT2D eigenvalue weighted by molar-refractivity contribution is 5.89. The zero-order valence-corrected chi connectivity index (χ0v) is 16.0. The van der Waals surface area contributed by atoms with E-state index in [2.05, 4.69) is 5.32 Å². The van der Waals surface area contributed by atoms with Crippen molar-refractivity contribution < 1.29 is 14.3 Å². The van der Waals surface area contributed by atoms with Crippen molar-refractivity contribution >= 4 is 11.8 Å². The zero-order valence-electron chi connectivity index (χ0n) is 16.0. The molecule has 1 spiro atoms. The molecular weight excluding hydrogens is 328 g/mol. The molecule has 2 fully saturated rings. The van der Waals surface area contributed by atoms with E-state index in [0.717, 1.165) is 18.7 Å². The fraction of sp³-hybridized carbons (Fsp3) is 0.619. The van der Waals surface area contributed by atoms with Crippen LogP contribution in [0.2, 0.25) is 0 Å². The van der Waals surface area contributed by atoms with Crippen LogP contribution in [0.15, 0.2) is 30.3 Å². The summed E-state index contributed by atoms with van der Waals surface area (Å²) in [5.74, 6) is -0.296. The predicted octanol–water partition coefficient (Wildman–Crippen LogP) is 2.75. The molecule has 2 aliphatic rings. The van der Waals surface area contributed by atoms with Gasteiger partial charge in [-0.05, 0) is 25.3 Å². The molecule has 2 atom stereocenters. The molecule has 3 rings (SSSR count). The van der Waals surface area contributed by atoms with Crippen molar-refractivity contribution in [1.82, 2.24) is 10.2 Å². The van der Waals surface area contributed by atoms with E-state index in [0.29, 0.717) is 12.0 Å². The van der Waals surface area contributed by atoms with Gasteiger partial charge in [-0.25, -0.2) is 0 Å². The highest BCUT2D eigenvalue weighted by atomic mass is 16.5. The summed E-state index contributed by atoms with van der Waals surface area (Å²) in [6, 6.07) is 9.24. The van der Waals surface area contributed by atoms with Crippen molar-refractivity contribution in [2.24, 2.45) is 11.3 Å². The minimum absolute atomic E-state index is 0.0166. The molecule has 2 amide bonds. The van der Waals surface area contributed by atoms with E-state index < -0.39 is 6.04 Å². The third-order valence-electron chi connectivity index (χ3n) is 5.69. The third-order valence-corrected chi connectivity index (χ3v) is 5.69. The van der Waals surface area contributed by atoms with Crippen molar-refractivity contribution in [3.63, 3.8) is 0 Å². The number of hydrogen-bond donors (Lipinski definition) is 1. The van der Waals surface area contributed by atoms with E-state index in [1.807, 2.05) is 56.0 Å². The molecule has 1 saturated carbocycles. The normalized spacial score (nSPS) is 20.2. The van der Waals surface area contributed by atoms with Gasteiger partial charge in [-0.2, -0.15) is 0 Å². The van der Waals surface area contributed by atoms with E-state index in [1.54, 1.807) is 0 Å². The number of ether oxygens (including phenoxy) is 1. The van der Waals surface area contributed by atoms with Crippen LogP contribution in [0.1, 0.15) is 45.6 Å². The van der Waals surface area contributed by atoms with Gasteiger partial charge in [-0.1, -0.05) is 50.6 Å². The fourth-order valence-electron chi connectivity index (χ4n) is 3.71. The quantitative estimate of drug-likeness (QED) is 0.815. The SMILES string of the molecule is CC(C)C(=O)NC(C(=O)N1CC2(CCC2)C1)C(C)OCc1ccccc1. The number of amides is 2. The van der Waals surface area contributed by atoms with Gasteiger partial charge in [-0.15, -0.1) is 0 Å². The summed E-state index contributed by atoms with van der Waals surface area (Å²) in [6.07, 6.45) is 3.33. The predicted molar refractivity (Wildman–Crippen MR) is 100 cm³/mol. The monoisotopic (exact) mass is 358 g/mol. The molecule has 2 unspecified atom stereocenters. The van der Waals surface area contributed by atoms with Crippen LogP contribution in [0.25, 0.3) is 0 Å². The molecule has 1 saturated heterocycles. The minimum atomic E-state index is -0.633. The number of rotatable bonds is 7. The van der Waals surface area contributed by atoms with Crippen molar-refractivity contribution in [1.29, 1.82) is 0 Å². The Labute approximate surface area is 156 Å². The molecule has 1 aliphatic heterocycles. The van der Waals surface area contributed by atoms with Crippen LogP contribution in [0.5, 0.6) is 0 Å². The first-order valence-corrected chi connectivity index (χ1v) is 9.65.